The van der Waals surface area contributed by atoms with Gasteiger partial charge in [0.15, 0.2) is 0 Å². The summed E-state index contributed by atoms with van der Waals surface area (Å²) in [6.45, 7) is 0. The molecule has 9 aromatic carbocycles. The number of nitrogens with zero attached hydrogens (tertiary/aromatic N) is 9. The maximum Gasteiger partial charge on any atom is 0.418 e. The molecule has 0 bridgehead atoms. The van der Waals surface area contributed by atoms with Crippen LogP contribution in [0.4, 0.5) is 39.5 Å². The van der Waals surface area contributed by atoms with Gasteiger partial charge in [-0.1, -0.05) is 115 Å². The number of hydrogen-bond donors (Lipinski definition) is 1. The minimum Gasteiger partial charge on any atom is -0.506 e. The normalized spacial score (nSPS) is 12.0. The second-order valence-electron chi connectivity index (χ2n) is 15.7. The predicted octanol–water partition coefficient (Wildman–Crippen LogP) is 13.5. The Kier molecular flexibility index (Phi) is 12.5. The number of aromatic hydroxyl groups is 1. The first-order chi connectivity index (χ1) is 33.5. The number of aromatic nitrogens is 9. The fourth-order valence-electron chi connectivity index (χ4n) is 7.96. The SMILES string of the molecule is FC(F)(F)c1cccc2nn(-c3cccc4ccccc34)nc12.FC(F)(F)c1cccc2nn(-c3cccc4ccccc34)nc12.Oc1ccc2ccccc2c1-n1nc2ccc(C(F)(F)F)cc2n1.[Ir]. The van der Waals surface area contributed by atoms with Crippen LogP contribution in [0.1, 0.15) is 16.7 Å². The number of benzene rings is 9. The molecule has 0 saturated heterocycles. The Morgan fingerprint density at radius 1 is 0.352 bits per heavy atom. The number of fused-ring (bicyclic) bond motifs is 6. The van der Waals surface area contributed by atoms with Gasteiger partial charge in [-0.15, -0.1) is 45.0 Å². The van der Waals surface area contributed by atoms with Gasteiger partial charge in [-0.3, -0.25) is 0 Å². The third-order valence-electron chi connectivity index (χ3n) is 11.2. The van der Waals surface area contributed by atoms with Crippen molar-refractivity contribution in [3.8, 4) is 22.8 Å². The van der Waals surface area contributed by atoms with Gasteiger partial charge in [-0.2, -0.15) is 39.5 Å². The summed E-state index contributed by atoms with van der Waals surface area (Å²) in [6.07, 6.45) is -13.4. The average Bonchev–Trinajstić information content (AvgIpc) is 4.10. The monoisotopic (exact) mass is 1150 g/mol. The third-order valence-corrected chi connectivity index (χ3v) is 11.2. The van der Waals surface area contributed by atoms with E-state index in [4.69, 9.17) is 0 Å². The van der Waals surface area contributed by atoms with E-state index in [1.165, 1.54) is 50.8 Å². The van der Waals surface area contributed by atoms with Crippen molar-refractivity contribution in [1.82, 2.24) is 45.0 Å². The smallest absolute Gasteiger partial charge is 0.418 e. The van der Waals surface area contributed by atoms with Gasteiger partial charge in [-0.05, 0) is 76.8 Å². The number of hydrogen-bond acceptors (Lipinski definition) is 7. The second kappa shape index (κ2) is 18.6. The molecule has 20 heteroatoms. The first kappa shape index (κ1) is 47.8. The van der Waals surface area contributed by atoms with Gasteiger partial charge in [0.05, 0.1) is 28.1 Å². The number of alkyl halides is 9. The van der Waals surface area contributed by atoms with Gasteiger partial charge in [0.1, 0.15) is 44.5 Å². The molecule has 0 aliphatic heterocycles. The fourth-order valence-corrected chi connectivity index (χ4v) is 7.96. The van der Waals surface area contributed by atoms with Crippen LogP contribution in [-0.4, -0.2) is 50.1 Å². The molecule has 0 aliphatic carbocycles. The van der Waals surface area contributed by atoms with Gasteiger partial charge < -0.3 is 5.11 Å². The zero-order valence-corrected chi connectivity index (χ0v) is 38.3. The molecule has 3 aromatic heterocycles. The van der Waals surface area contributed by atoms with Gasteiger partial charge in [0, 0.05) is 36.3 Å². The molecule has 0 aliphatic rings. The van der Waals surface area contributed by atoms with Crippen LogP contribution in [0.3, 0.4) is 0 Å². The molecule has 0 spiro atoms. The van der Waals surface area contributed by atoms with Crippen LogP contribution in [0.25, 0.3) is 82.5 Å². The van der Waals surface area contributed by atoms with Crippen molar-refractivity contribution >= 4 is 65.4 Å². The number of phenols is 1. The van der Waals surface area contributed by atoms with Crippen molar-refractivity contribution in [3.05, 3.63) is 193 Å². The molecular formula is C51H30F9IrN9O. The second-order valence-corrected chi connectivity index (χ2v) is 15.7. The fraction of sp³-hybridized carbons (Fsp3) is 0.0588. The minimum absolute atomic E-state index is 0. The Morgan fingerprint density at radius 2 is 0.775 bits per heavy atom. The summed E-state index contributed by atoms with van der Waals surface area (Å²) >= 11 is 0. The minimum atomic E-state index is -4.46. The first-order valence-corrected chi connectivity index (χ1v) is 21.0. The summed E-state index contributed by atoms with van der Waals surface area (Å²) in [5.74, 6) is -0.0509. The summed E-state index contributed by atoms with van der Waals surface area (Å²) in [5.41, 5.74) is -0.154. The number of halogens is 9. The van der Waals surface area contributed by atoms with E-state index in [1.807, 2.05) is 84.9 Å². The maximum absolute atomic E-state index is 13.1. The Hall–Kier alpha value is -8.22. The maximum atomic E-state index is 13.1. The molecule has 10 nitrogen and oxygen atoms in total. The van der Waals surface area contributed by atoms with Crippen molar-refractivity contribution < 1.29 is 64.7 Å². The largest absolute Gasteiger partial charge is 0.506 e. The summed E-state index contributed by atoms with van der Waals surface area (Å²) in [6, 6.07) is 47.8. The molecule has 71 heavy (non-hydrogen) atoms. The van der Waals surface area contributed by atoms with Crippen LogP contribution < -0.4 is 0 Å². The van der Waals surface area contributed by atoms with E-state index < -0.39 is 35.2 Å². The molecule has 0 atom stereocenters. The molecule has 12 rings (SSSR count). The van der Waals surface area contributed by atoms with Crippen molar-refractivity contribution in [3.63, 3.8) is 0 Å². The van der Waals surface area contributed by atoms with Gasteiger partial charge in [0.2, 0.25) is 0 Å². The van der Waals surface area contributed by atoms with E-state index in [0.717, 1.165) is 51.2 Å². The van der Waals surface area contributed by atoms with Crippen LogP contribution in [0, 0.1) is 0 Å². The third kappa shape index (κ3) is 9.46. The zero-order valence-electron chi connectivity index (χ0n) is 36.0. The van der Waals surface area contributed by atoms with Crippen LogP contribution in [0.5, 0.6) is 5.75 Å². The van der Waals surface area contributed by atoms with Gasteiger partial charge in [0.25, 0.3) is 0 Å². The van der Waals surface area contributed by atoms with Crippen molar-refractivity contribution in [2.45, 2.75) is 18.5 Å². The topological polar surface area (TPSA) is 112 Å². The van der Waals surface area contributed by atoms with Gasteiger partial charge >= 0.3 is 18.5 Å². The van der Waals surface area contributed by atoms with E-state index >= 15 is 0 Å². The molecule has 0 unspecified atom stereocenters. The van der Waals surface area contributed by atoms with Crippen LogP contribution in [0.2, 0.25) is 0 Å². The van der Waals surface area contributed by atoms with E-state index in [9.17, 15) is 44.6 Å². The molecule has 357 valence electrons. The summed E-state index contributed by atoms with van der Waals surface area (Å²) in [5, 5.41) is 40.4. The number of rotatable bonds is 3. The Balaban J connectivity index is 0.000000131. The summed E-state index contributed by atoms with van der Waals surface area (Å²) in [7, 11) is 0. The Morgan fingerprint density at radius 3 is 1.27 bits per heavy atom. The molecule has 0 amide bonds. The van der Waals surface area contributed by atoms with Crippen molar-refractivity contribution in [2.24, 2.45) is 0 Å². The molecule has 3 heterocycles. The average molecular weight is 1150 g/mol. The number of phenolic OH excluding ortho intramolecular Hbond substituents is 1. The van der Waals surface area contributed by atoms with Crippen molar-refractivity contribution in [2.75, 3.05) is 0 Å². The summed E-state index contributed by atoms with van der Waals surface area (Å²) < 4.78 is 117. The molecular weight excluding hydrogens is 1120 g/mol. The Bertz CT molecular complexity index is 3740. The standard InChI is InChI=1S/C17H10F3N3O.2C17H10F3N3.Ir/c18-17(19,20)11-6-7-13-14(9-11)22-23(21-13)16-12-4-2-1-3-10(12)5-8-15(16)24;2*18-17(19,20)13-8-4-9-14-16(13)22-23(21-14)15-10-3-6-11-5-1-2-7-12(11)15;/h1-9,24H;2*1-10H;. The van der Waals surface area contributed by atoms with E-state index in [2.05, 4.69) is 30.6 Å². The van der Waals surface area contributed by atoms with E-state index in [-0.39, 0.29) is 53.4 Å². The van der Waals surface area contributed by atoms with Crippen LogP contribution in [0.15, 0.2) is 176 Å². The van der Waals surface area contributed by atoms with Crippen molar-refractivity contribution in [1.29, 1.82) is 0 Å². The van der Waals surface area contributed by atoms with E-state index in [0.29, 0.717) is 28.0 Å². The molecule has 1 radical (unpaired) electrons. The molecule has 0 saturated carbocycles. The van der Waals surface area contributed by atoms with Crippen LogP contribution >= 0.6 is 0 Å². The molecule has 12 aromatic rings. The molecule has 1 N–H and O–H groups in total. The quantitative estimate of drug-likeness (QED) is 0.175. The Labute approximate surface area is 407 Å². The summed E-state index contributed by atoms with van der Waals surface area (Å²) in [4.78, 5) is 3.70. The predicted molar refractivity (Wildman–Crippen MR) is 246 cm³/mol. The van der Waals surface area contributed by atoms with Crippen LogP contribution in [-0.2, 0) is 38.6 Å². The molecule has 0 fully saturated rings. The van der Waals surface area contributed by atoms with Gasteiger partial charge in [-0.25, -0.2) is 0 Å². The van der Waals surface area contributed by atoms with E-state index in [1.54, 1.807) is 30.3 Å². The first-order valence-electron chi connectivity index (χ1n) is 21.0. The zero-order chi connectivity index (χ0) is 49.0.